The Morgan fingerprint density at radius 3 is 2.28 bits per heavy atom. The summed E-state index contributed by atoms with van der Waals surface area (Å²) in [4.78, 5) is 24.9. The predicted octanol–water partition coefficient (Wildman–Crippen LogP) is 5.29. The monoisotopic (exact) mass is 578 g/mol. The Morgan fingerprint density at radius 1 is 0.974 bits per heavy atom. The Bertz CT molecular complexity index is 1430. The first-order chi connectivity index (χ1) is 18.6. The van der Waals surface area contributed by atoms with Crippen LogP contribution in [0.15, 0.2) is 65.6 Å². The summed E-state index contributed by atoms with van der Waals surface area (Å²) < 4.78 is 57.5. The number of methoxy groups -OCH3 is 2. The highest BCUT2D eigenvalue weighted by Crippen LogP contribution is 2.33. The van der Waals surface area contributed by atoms with Gasteiger partial charge in [0.2, 0.25) is 5.91 Å². The number of hydrogen-bond donors (Lipinski definition) is 1. The highest BCUT2D eigenvalue weighted by molar-refractivity contribution is 7.92. The van der Waals surface area contributed by atoms with Crippen molar-refractivity contribution in [1.82, 2.24) is 0 Å². The van der Waals surface area contributed by atoms with Gasteiger partial charge in [0.15, 0.2) is 11.5 Å². The topological polar surface area (TPSA) is 111 Å². The van der Waals surface area contributed by atoms with Gasteiger partial charge in [-0.15, -0.1) is 0 Å². The van der Waals surface area contributed by atoms with Gasteiger partial charge >= 0.3 is 5.97 Å². The molecule has 3 rings (SSSR count). The lowest BCUT2D eigenvalue weighted by Gasteiger charge is -2.25. The summed E-state index contributed by atoms with van der Waals surface area (Å²) in [6.07, 6.45) is 1.64. The summed E-state index contributed by atoms with van der Waals surface area (Å²) in [5, 5.41) is 2.28. The van der Waals surface area contributed by atoms with Gasteiger partial charge in [0.05, 0.1) is 42.0 Å². The minimum atomic E-state index is -4.36. The molecule has 3 aromatic rings. The van der Waals surface area contributed by atoms with Gasteiger partial charge in [0.1, 0.15) is 12.4 Å². The van der Waals surface area contributed by atoms with E-state index >= 15 is 0 Å². The number of carbonyl (C=O) groups excluding carboxylic acids is 2. The number of amides is 1. The number of halogens is 2. The Hall–Kier alpha value is -3.83. The third-order valence-corrected chi connectivity index (χ3v) is 7.62. The minimum Gasteiger partial charge on any atom is -0.493 e. The second-order valence-corrected chi connectivity index (χ2v) is 10.5. The molecule has 0 bridgehead atoms. The van der Waals surface area contributed by atoms with Gasteiger partial charge in [-0.25, -0.2) is 17.6 Å². The molecule has 3 aromatic carbocycles. The highest BCUT2D eigenvalue weighted by atomic mass is 35.5. The molecule has 0 fully saturated rings. The fraction of sp³-hybridized carbons (Fsp3) is 0.259. The van der Waals surface area contributed by atoms with Crippen LogP contribution in [0.3, 0.4) is 0 Å². The molecule has 0 aliphatic heterocycles. The van der Waals surface area contributed by atoms with Crippen molar-refractivity contribution in [2.75, 3.05) is 37.0 Å². The molecule has 0 saturated heterocycles. The third kappa shape index (κ3) is 7.39. The third-order valence-electron chi connectivity index (χ3n) is 5.56. The molecule has 0 spiro atoms. The van der Waals surface area contributed by atoms with Gasteiger partial charge < -0.3 is 19.5 Å². The number of nitrogens with zero attached hydrogens (tertiary/aromatic N) is 1. The highest BCUT2D eigenvalue weighted by Gasteiger charge is 2.29. The van der Waals surface area contributed by atoms with Gasteiger partial charge in [-0.1, -0.05) is 24.9 Å². The predicted molar refractivity (Wildman–Crippen MR) is 146 cm³/mol. The molecule has 0 aromatic heterocycles. The molecule has 12 heteroatoms. The molecule has 1 amide bonds. The van der Waals surface area contributed by atoms with Crippen molar-refractivity contribution >= 4 is 44.9 Å². The summed E-state index contributed by atoms with van der Waals surface area (Å²) in [5.41, 5.74) is 0.602. The first-order valence-electron chi connectivity index (χ1n) is 11.9. The number of esters is 1. The van der Waals surface area contributed by atoms with E-state index in [4.69, 9.17) is 25.8 Å². The summed E-state index contributed by atoms with van der Waals surface area (Å²) in [6.45, 7) is 1.63. The van der Waals surface area contributed by atoms with Crippen LogP contribution in [0.5, 0.6) is 11.5 Å². The quantitative estimate of drug-likeness (QED) is 0.230. The molecule has 208 valence electrons. The second-order valence-electron chi connectivity index (χ2n) is 8.24. The van der Waals surface area contributed by atoms with E-state index in [0.717, 1.165) is 29.3 Å². The first-order valence-corrected chi connectivity index (χ1v) is 13.7. The average Bonchev–Trinajstić information content (AvgIpc) is 2.93. The zero-order valence-corrected chi connectivity index (χ0v) is 23.1. The van der Waals surface area contributed by atoms with Crippen molar-refractivity contribution in [3.05, 3.63) is 77.1 Å². The number of anilines is 2. The summed E-state index contributed by atoms with van der Waals surface area (Å²) in [6, 6.07) is 13.2. The molecular formula is C27H28ClFN2O7S. The van der Waals surface area contributed by atoms with Crippen LogP contribution in [0.4, 0.5) is 15.8 Å². The fourth-order valence-electron chi connectivity index (χ4n) is 3.47. The van der Waals surface area contributed by atoms with Gasteiger partial charge in [0, 0.05) is 11.8 Å². The molecule has 0 heterocycles. The zero-order valence-electron chi connectivity index (χ0n) is 21.6. The van der Waals surface area contributed by atoms with E-state index in [-0.39, 0.29) is 21.4 Å². The smallest absolute Gasteiger partial charge is 0.338 e. The molecule has 0 saturated carbocycles. The van der Waals surface area contributed by atoms with Gasteiger partial charge in [-0.05, 0) is 61.0 Å². The number of carbonyl (C=O) groups is 2. The van der Waals surface area contributed by atoms with Crippen LogP contribution in [-0.4, -0.2) is 47.7 Å². The van der Waals surface area contributed by atoms with E-state index in [9.17, 15) is 22.4 Å². The summed E-state index contributed by atoms with van der Waals surface area (Å²) in [7, 11) is -1.60. The van der Waals surface area contributed by atoms with Crippen LogP contribution in [0.1, 0.15) is 30.1 Å². The number of rotatable bonds is 12. The largest absolute Gasteiger partial charge is 0.493 e. The molecule has 39 heavy (non-hydrogen) atoms. The van der Waals surface area contributed by atoms with Crippen LogP contribution in [-0.2, 0) is 19.6 Å². The second kappa shape index (κ2) is 13.3. The lowest BCUT2D eigenvalue weighted by Crippen LogP contribution is -2.38. The SMILES string of the molecule is CCCCOC(=O)c1ccc(NC(=O)CN(c2ccc(F)c(Cl)c2)S(=O)(=O)c2ccc(OC)c(OC)c2)cc1. The van der Waals surface area contributed by atoms with Gasteiger partial charge in [-0.2, -0.15) is 0 Å². The molecule has 0 aliphatic carbocycles. The number of hydrogen-bond acceptors (Lipinski definition) is 7. The molecule has 0 radical (unpaired) electrons. The van der Waals surface area contributed by atoms with Gasteiger partial charge in [-0.3, -0.25) is 9.10 Å². The zero-order chi connectivity index (χ0) is 28.6. The number of nitrogens with one attached hydrogen (secondary N) is 1. The van der Waals surface area contributed by atoms with Crippen LogP contribution >= 0.6 is 11.6 Å². The maximum absolute atomic E-state index is 13.8. The maximum Gasteiger partial charge on any atom is 0.338 e. The fourth-order valence-corrected chi connectivity index (χ4v) is 5.08. The number of sulfonamides is 1. The Morgan fingerprint density at radius 2 is 1.67 bits per heavy atom. The number of ether oxygens (including phenoxy) is 3. The average molecular weight is 579 g/mol. The molecule has 0 atom stereocenters. The lowest BCUT2D eigenvalue weighted by atomic mass is 10.2. The molecule has 0 unspecified atom stereocenters. The Balaban J connectivity index is 1.87. The van der Waals surface area contributed by atoms with Crippen LogP contribution in [0.25, 0.3) is 0 Å². The van der Waals surface area contributed by atoms with Gasteiger partial charge in [0.25, 0.3) is 10.0 Å². The maximum atomic E-state index is 13.8. The molecular weight excluding hydrogens is 551 g/mol. The van der Waals surface area contributed by atoms with E-state index in [2.05, 4.69) is 5.32 Å². The standard InChI is InChI=1S/C27H28ClFN2O7S/c1-4-5-14-38-27(33)18-6-8-19(9-7-18)30-26(32)17-31(20-10-12-23(29)22(28)15-20)39(34,35)21-11-13-24(36-2)25(16-21)37-3/h6-13,15-16H,4-5,14,17H2,1-3H3,(H,30,32). The van der Waals surface area contributed by atoms with Crippen LogP contribution in [0.2, 0.25) is 5.02 Å². The normalized spacial score (nSPS) is 11.0. The molecule has 1 N–H and O–H groups in total. The van der Waals surface area contributed by atoms with Crippen molar-refractivity contribution in [2.45, 2.75) is 24.7 Å². The van der Waals surface area contributed by atoms with E-state index in [1.165, 1.54) is 62.8 Å². The van der Waals surface area contributed by atoms with Crippen molar-refractivity contribution in [2.24, 2.45) is 0 Å². The van der Waals surface area contributed by atoms with Crippen LogP contribution < -0.4 is 19.1 Å². The molecule has 0 aliphatic rings. The Labute approximate surface area is 231 Å². The van der Waals surface area contributed by atoms with Crippen molar-refractivity contribution < 1.29 is 36.6 Å². The number of benzene rings is 3. The van der Waals surface area contributed by atoms with E-state index in [1.54, 1.807) is 0 Å². The van der Waals surface area contributed by atoms with E-state index in [1.807, 2.05) is 6.92 Å². The number of unbranched alkanes of at least 4 members (excludes halogenated alkanes) is 1. The van der Waals surface area contributed by atoms with E-state index < -0.39 is 34.3 Å². The Kier molecular flexibility index (Phi) is 10.1. The first kappa shape index (κ1) is 29.7. The summed E-state index contributed by atoms with van der Waals surface area (Å²) >= 11 is 5.92. The minimum absolute atomic E-state index is 0.0310. The lowest BCUT2D eigenvalue weighted by molar-refractivity contribution is -0.114. The summed E-state index contributed by atoms with van der Waals surface area (Å²) in [5.74, 6) is -1.46. The molecule has 9 nitrogen and oxygen atoms in total. The van der Waals surface area contributed by atoms with Crippen molar-refractivity contribution in [1.29, 1.82) is 0 Å². The van der Waals surface area contributed by atoms with Crippen LogP contribution in [0, 0.1) is 5.82 Å². The van der Waals surface area contributed by atoms with E-state index in [0.29, 0.717) is 23.6 Å². The van der Waals surface area contributed by atoms with Crippen molar-refractivity contribution in [3.63, 3.8) is 0 Å². The van der Waals surface area contributed by atoms with Crippen molar-refractivity contribution in [3.8, 4) is 11.5 Å².